The fourth-order valence-corrected chi connectivity index (χ4v) is 2.72. The van der Waals surface area contributed by atoms with Crippen LogP contribution in [0.5, 0.6) is 0 Å². The number of carbonyl (C=O) groups excluding carboxylic acids is 1. The highest BCUT2D eigenvalue weighted by Crippen LogP contribution is 2.17. The van der Waals surface area contributed by atoms with Gasteiger partial charge in [-0.25, -0.2) is 4.79 Å². The van der Waals surface area contributed by atoms with Crippen LogP contribution < -0.4 is 5.32 Å². The zero-order valence-electron chi connectivity index (χ0n) is 12.3. The largest absolute Gasteiger partial charge is 0.481 e. The van der Waals surface area contributed by atoms with Gasteiger partial charge < -0.3 is 15.3 Å². The number of nitrogens with zero attached hydrogens (tertiary/aromatic N) is 1. The Hall–Kier alpha value is -2.04. The van der Waals surface area contributed by atoms with E-state index in [1.807, 2.05) is 18.2 Å². The molecule has 1 atom stereocenters. The van der Waals surface area contributed by atoms with E-state index in [9.17, 15) is 9.59 Å². The third-order valence-electron chi connectivity index (χ3n) is 3.99. The number of urea groups is 1. The van der Waals surface area contributed by atoms with Gasteiger partial charge in [0.2, 0.25) is 0 Å². The molecule has 2 rings (SSSR count). The maximum absolute atomic E-state index is 12.2. The number of piperidine rings is 1. The molecule has 0 spiro atoms. The molecule has 5 heteroatoms. The van der Waals surface area contributed by atoms with Crippen LogP contribution in [0.15, 0.2) is 24.3 Å². The van der Waals surface area contributed by atoms with E-state index in [0.717, 1.165) is 18.4 Å². The number of carboxylic acids is 1. The summed E-state index contributed by atoms with van der Waals surface area (Å²) in [4.78, 5) is 24.8. The molecule has 21 heavy (non-hydrogen) atoms. The first-order valence-corrected chi connectivity index (χ1v) is 7.44. The van der Waals surface area contributed by atoms with E-state index in [4.69, 9.17) is 5.11 Å². The summed E-state index contributed by atoms with van der Waals surface area (Å²) in [6, 6.07) is 7.85. The average Bonchev–Trinajstić information content (AvgIpc) is 2.52. The zero-order chi connectivity index (χ0) is 15.2. The Balaban J connectivity index is 1.91. The fourth-order valence-electron chi connectivity index (χ4n) is 2.72. The van der Waals surface area contributed by atoms with Gasteiger partial charge in [-0.1, -0.05) is 31.2 Å². The summed E-state index contributed by atoms with van der Waals surface area (Å²) in [6.07, 6.45) is 2.32. The maximum atomic E-state index is 12.2. The molecule has 0 radical (unpaired) electrons. The summed E-state index contributed by atoms with van der Waals surface area (Å²) in [6.45, 7) is 3.50. The number of likely N-dealkylation sites (tertiary alicyclic amines) is 1. The van der Waals surface area contributed by atoms with E-state index < -0.39 is 11.9 Å². The van der Waals surface area contributed by atoms with Crippen molar-refractivity contribution >= 4 is 12.0 Å². The molecule has 114 valence electrons. The standard InChI is InChI=1S/C16H22N2O3/c1-2-12-6-3-4-7-13(12)10-17-16(21)18-9-5-8-14(11-18)15(19)20/h3-4,6-7,14H,2,5,8-11H2,1H3,(H,17,21)(H,19,20)/t14-/m1/s1. The van der Waals surface area contributed by atoms with Crippen molar-refractivity contribution in [1.82, 2.24) is 10.2 Å². The van der Waals surface area contributed by atoms with Gasteiger partial charge >= 0.3 is 12.0 Å². The van der Waals surface area contributed by atoms with Gasteiger partial charge in [-0.3, -0.25) is 4.79 Å². The Bertz CT molecular complexity index is 516. The van der Waals surface area contributed by atoms with E-state index in [2.05, 4.69) is 18.3 Å². The van der Waals surface area contributed by atoms with Gasteiger partial charge in [0, 0.05) is 19.6 Å². The van der Waals surface area contributed by atoms with Crippen molar-refractivity contribution < 1.29 is 14.7 Å². The quantitative estimate of drug-likeness (QED) is 0.893. The molecule has 1 fully saturated rings. The molecule has 1 saturated heterocycles. The van der Waals surface area contributed by atoms with Gasteiger partial charge in [0.05, 0.1) is 5.92 Å². The SMILES string of the molecule is CCc1ccccc1CNC(=O)N1CCC[C@@H](C(=O)O)C1. The van der Waals surface area contributed by atoms with Crippen LogP contribution in [0.1, 0.15) is 30.9 Å². The van der Waals surface area contributed by atoms with E-state index in [1.54, 1.807) is 4.90 Å². The molecule has 2 amide bonds. The van der Waals surface area contributed by atoms with E-state index in [-0.39, 0.29) is 6.03 Å². The number of carbonyl (C=O) groups is 2. The van der Waals surface area contributed by atoms with Crippen LogP contribution >= 0.6 is 0 Å². The number of carboxylic acid groups (broad SMARTS) is 1. The highest BCUT2D eigenvalue weighted by molar-refractivity contribution is 5.76. The molecule has 0 aliphatic carbocycles. The molecular formula is C16H22N2O3. The van der Waals surface area contributed by atoms with Gasteiger partial charge in [0.15, 0.2) is 0 Å². The third-order valence-corrected chi connectivity index (χ3v) is 3.99. The average molecular weight is 290 g/mol. The summed E-state index contributed by atoms with van der Waals surface area (Å²) < 4.78 is 0. The molecular weight excluding hydrogens is 268 g/mol. The minimum atomic E-state index is -0.816. The van der Waals surface area contributed by atoms with Crippen molar-refractivity contribution in [2.75, 3.05) is 13.1 Å². The molecule has 1 aliphatic rings. The van der Waals surface area contributed by atoms with Gasteiger partial charge in [-0.05, 0) is 30.4 Å². The Morgan fingerprint density at radius 2 is 2.05 bits per heavy atom. The van der Waals surface area contributed by atoms with Crippen molar-refractivity contribution in [3.05, 3.63) is 35.4 Å². The molecule has 0 unspecified atom stereocenters. The topological polar surface area (TPSA) is 69.6 Å². The first-order valence-electron chi connectivity index (χ1n) is 7.44. The van der Waals surface area contributed by atoms with Gasteiger partial charge in [0.25, 0.3) is 0 Å². The highest BCUT2D eigenvalue weighted by atomic mass is 16.4. The number of benzene rings is 1. The third kappa shape index (κ3) is 3.97. The lowest BCUT2D eigenvalue weighted by atomic mass is 9.99. The summed E-state index contributed by atoms with van der Waals surface area (Å²) in [7, 11) is 0. The lowest BCUT2D eigenvalue weighted by Gasteiger charge is -2.30. The second-order valence-corrected chi connectivity index (χ2v) is 5.40. The Labute approximate surface area is 125 Å². The van der Waals surface area contributed by atoms with Crippen LogP contribution in [0, 0.1) is 5.92 Å². The molecule has 0 saturated carbocycles. The minimum absolute atomic E-state index is 0.174. The van der Waals surface area contributed by atoms with Crippen molar-refractivity contribution in [2.24, 2.45) is 5.92 Å². The normalized spacial score (nSPS) is 18.3. The lowest BCUT2D eigenvalue weighted by Crippen LogP contribution is -2.46. The number of rotatable bonds is 4. The molecule has 0 bridgehead atoms. The molecule has 2 N–H and O–H groups in total. The first-order chi connectivity index (χ1) is 10.1. The molecule has 5 nitrogen and oxygen atoms in total. The summed E-state index contributed by atoms with van der Waals surface area (Å²) in [5.74, 6) is -1.25. The van der Waals surface area contributed by atoms with Crippen LogP contribution in [0.4, 0.5) is 4.79 Å². The lowest BCUT2D eigenvalue weighted by molar-refractivity contribution is -0.143. The Kier molecular flexibility index (Phi) is 5.20. The smallest absolute Gasteiger partial charge is 0.317 e. The van der Waals surface area contributed by atoms with E-state index in [1.165, 1.54) is 5.56 Å². The fraction of sp³-hybridized carbons (Fsp3) is 0.500. The number of amides is 2. The highest BCUT2D eigenvalue weighted by Gasteiger charge is 2.27. The molecule has 0 aromatic heterocycles. The molecule has 1 aliphatic heterocycles. The van der Waals surface area contributed by atoms with Crippen LogP contribution in [0.25, 0.3) is 0 Å². The summed E-state index contributed by atoms with van der Waals surface area (Å²) in [5.41, 5.74) is 2.33. The van der Waals surface area contributed by atoms with Gasteiger partial charge in [-0.2, -0.15) is 0 Å². The van der Waals surface area contributed by atoms with Gasteiger partial charge in [-0.15, -0.1) is 0 Å². The Morgan fingerprint density at radius 1 is 1.33 bits per heavy atom. The van der Waals surface area contributed by atoms with Crippen LogP contribution in [0.2, 0.25) is 0 Å². The second kappa shape index (κ2) is 7.11. The second-order valence-electron chi connectivity index (χ2n) is 5.40. The van der Waals surface area contributed by atoms with Crippen molar-refractivity contribution in [1.29, 1.82) is 0 Å². The predicted octanol–water partition coefficient (Wildman–Crippen LogP) is 2.26. The van der Waals surface area contributed by atoms with E-state index >= 15 is 0 Å². The number of hydrogen-bond acceptors (Lipinski definition) is 2. The summed E-state index contributed by atoms with van der Waals surface area (Å²) >= 11 is 0. The number of nitrogens with one attached hydrogen (secondary N) is 1. The van der Waals surface area contributed by atoms with Gasteiger partial charge in [0.1, 0.15) is 0 Å². The minimum Gasteiger partial charge on any atom is -0.481 e. The monoisotopic (exact) mass is 290 g/mol. The van der Waals surface area contributed by atoms with E-state index in [0.29, 0.717) is 26.1 Å². The molecule has 1 aromatic carbocycles. The molecule has 1 aromatic rings. The van der Waals surface area contributed by atoms with Crippen molar-refractivity contribution in [2.45, 2.75) is 32.7 Å². The van der Waals surface area contributed by atoms with Crippen LogP contribution in [-0.4, -0.2) is 35.1 Å². The number of aliphatic carboxylic acids is 1. The number of hydrogen-bond donors (Lipinski definition) is 2. The number of aryl methyl sites for hydroxylation is 1. The Morgan fingerprint density at radius 3 is 2.71 bits per heavy atom. The zero-order valence-corrected chi connectivity index (χ0v) is 12.3. The maximum Gasteiger partial charge on any atom is 0.317 e. The van der Waals surface area contributed by atoms with Crippen LogP contribution in [0.3, 0.4) is 0 Å². The summed E-state index contributed by atoms with van der Waals surface area (Å²) in [5, 5.41) is 12.0. The first kappa shape index (κ1) is 15.4. The predicted molar refractivity (Wildman–Crippen MR) is 80.0 cm³/mol. The van der Waals surface area contributed by atoms with Crippen molar-refractivity contribution in [3.63, 3.8) is 0 Å². The molecule has 1 heterocycles. The van der Waals surface area contributed by atoms with Crippen molar-refractivity contribution in [3.8, 4) is 0 Å². The van der Waals surface area contributed by atoms with Crippen LogP contribution in [-0.2, 0) is 17.8 Å².